The molecule has 2 aliphatic rings. The third-order valence-corrected chi connectivity index (χ3v) is 3.65. The second-order valence-electron chi connectivity index (χ2n) is 4.86. The van der Waals surface area contributed by atoms with Gasteiger partial charge in [-0.2, -0.15) is 0 Å². The Kier molecular flexibility index (Phi) is 2.83. The summed E-state index contributed by atoms with van der Waals surface area (Å²) in [7, 11) is 0. The van der Waals surface area contributed by atoms with E-state index in [0.29, 0.717) is 0 Å². The molecule has 0 bridgehead atoms. The largest absolute Gasteiger partial charge is 0.330 e. The van der Waals surface area contributed by atoms with Crippen molar-refractivity contribution in [3.8, 4) is 0 Å². The number of amides is 1. The first-order chi connectivity index (χ1) is 7.16. The van der Waals surface area contributed by atoms with Gasteiger partial charge in [-0.05, 0) is 38.8 Å². The fourth-order valence-corrected chi connectivity index (χ4v) is 2.71. The highest BCUT2D eigenvalue weighted by Crippen LogP contribution is 2.38. The highest BCUT2D eigenvalue weighted by atomic mass is 16.2. The van der Waals surface area contributed by atoms with Gasteiger partial charge in [-0.15, -0.1) is 0 Å². The minimum absolute atomic E-state index is 0.101. The zero-order valence-corrected chi connectivity index (χ0v) is 9.51. The predicted octanol–water partition coefficient (Wildman–Crippen LogP) is 1.51. The standard InChI is InChI=1S/C12H20N2O/c1-3-7-14-8-6-12(9-14)5-4-10(2)13-11(12)15/h2-9H2,1H3,(H,13,15). The molecule has 2 rings (SSSR count). The fraction of sp³-hybridized carbons (Fsp3) is 0.750. The molecule has 0 aromatic rings. The fourth-order valence-electron chi connectivity index (χ4n) is 2.71. The summed E-state index contributed by atoms with van der Waals surface area (Å²) in [4.78, 5) is 14.4. The molecule has 0 radical (unpaired) electrons. The van der Waals surface area contributed by atoms with Crippen LogP contribution >= 0.6 is 0 Å². The van der Waals surface area contributed by atoms with Gasteiger partial charge < -0.3 is 10.2 Å². The highest BCUT2D eigenvalue weighted by Gasteiger charge is 2.45. The average molecular weight is 208 g/mol. The smallest absolute Gasteiger partial charge is 0.231 e. The van der Waals surface area contributed by atoms with Crippen molar-refractivity contribution in [3.05, 3.63) is 12.3 Å². The molecular weight excluding hydrogens is 188 g/mol. The lowest BCUT2D eigenvalue weighted by molar-refractivity contribution is -0.131. The molecule has 15 heavy (non-hydrogen) atoms. The molecule has 0 aromatic carbocycles. The maximum absolute atomic E-state index is 12.0. The first-order valence-corrected chi connectivity index (χ1v) is 5.88. The lowest BCUT2D eigenvalue weighted by Gasteiger charge is -2.33. The lowest BCUT2D eigenvalue weighted by Crippen LogP contribution is -2.46. The van der Waals surface area contributed by atoms with Gasteiger partial charge in [0.05, 0.1) is 5.41 Å². The van der Waals surface area contributed by atoms with Crippen LogP contribution in [0.2, 0.25) is 0 Å². The summed E-state index contributed by atoms with van der Waals surface area (Å²) >= 11 is 0. The molecule has 1 unspecified atom stereocenters. The number of rotatable bonds is 2. The van der Waals surface area contributed by atoms with Crippen LogP contribution in [0.5, 0.6) is 0 Å². The van der Waals surface area contributed by atoms with E-state index in [1.807, 2.05) is 0 Å². The summed E-state index contributed by atoms with van der Waals surface area (Å²) in [6, 6.07) is 0. The molecule has 0 saturated carbocycles. The third-order valence-electron chi connectivity index (χ3n) is 3.65. The van der Waals surface area contributed by atoms with Gasteiger partial charge in [-0.1, -0.05) is 13.5 Å². The maximum atomic E-state index is 12.0. The van der Waals surface area contributed by atoms with Crippen LogP contribution in [-0.2, 0) is 4.79 Å². The van der Waals surface area contributed by atoms with E-state index in [1.54, 1.807) is 0 Å². The van der Waals surface area contributed by atoms with Crippen molar-refractivity contribution in [1.29, 1.82) is 0 Å². The monoisotopic (exact) mass is 208 g/mol. The number of likely N-dealkylation sites (tertiary alicyclic amines) is 1. The number of carbonyl (C=O) groups excluding carboxylic acids is 1. The first kappa shape index (κ1) is 10.7. The normalized spacial score (nSPS) is 32.3. The van der Waals surface area contributed by atoms with E-state index < -0.39 is 0 Å². The van der Waals surface area contributed by atoms with Gasteiger partial charge in [-0.25, -0.2) is 0 Å². The third kappa shape index (κ3) is 1.93. The molecule has 3 heteroatoms. The number of piperidine rings is 1. The van der Waals surface area contributed by atoms with Gasteiger partial charge in [0.25, 0.3) is 0 Å². The molecule has 3 nitrogen and oxygen atoms in total. The van der Waals surface area contributed by atoms with Crippen molar-refractivity contribution >= 4 is 5.91 Å². The summed E-state index contributed by atoms with van der Waals surface area (Å²) in [5, 5.41) is 2.91. The van der Waals surface area contributed by atoms with E-state index in [2.05, 4.69) is 23.7 Å². The molecule has 2 aliphatic heterocycles. The van der Waals surface area contributed by atoms with E-state index in [0.717, 1.165) is 44.6 Å². The van der Waals surface area contributed by atoms with Gasteiger partial charge in [0.15, 0.2) is 0 Å². The van der Waals surface area contributed by atoms with Crippen LogP contribution in [0.3, 0.4) is 0 Å². The van der Waals surface area contributed by atoms with E-state index in [1.165, 1.54) is 6.42 Å². The molecule has 1 N–H and O–H groups in total. The first-order valence-electron chi connectivity index (χ1n) is 5.88. The number of carbonyl (C=O) groups is 1. The summed E-state index contributed by atoms with van der Waals surface area (Å²) in [5.74, 6) is 0.206. The molecule has 2 fully saturated rings. The maximum Gasteiger partial charge on any atom is 0.231 e. The van der Waals surface area contributed by atoms with Crippen LogP contribution < -0.4 is 5.32 Å². The van der Waals surface area contributed by atoms with Crippen molar-refractivity contribution in [2.75, 3.05) is 19.6 Å². The van der Waals surface area contributed by atoms with Crippen molar-refractivity contribution < 1.29 is 4.79 Å². The van der Waals surface area contributed by atoms with Gasteiger partial charge in [-0.3, -0.25) is 4.79 Å². The summed E-state index contributed by atoms with van der Waals surface area (Å²) in [6.07, 6.45) is 4.13. The van der Waals surface area contributed by atoms with Crippen LogP contribution in [0.15, 0.2) is 12.3 Å². The van der Waals surface area contributed by atoms with E-state index in [9.17, 15) is 4.79 Å². The number of hydrogen-bond donors (Lipinski definition) is 1. The van der Waals surface area contributed by atoms with Crippen LogP contribution in [0.25, 0.3) is 0 Å². The van der Waals surface area contributed by atoms with Crippen LogP contribution in [0, 0.1) is 5.41 Å². The van der Waals surface area contributed by atoms with Crippen LogP contribution in [-0.4, -0.2) is 30.4 Å². The summed E-state index contributed by atoms with van der Waals surface area (Å²) in [6.45, 7) is 9.16. The second-order valence-corrected chi connectivity index (χ2v) is 4.86. The molecule has 84 valence electrons. The quantitative estimate of drug-likeness (QED) is 0.746. The summed E-state index contributed by atoms with van der Waals surface area (Å²) in [5.41, 5.74) is 0.788. The van der Waals surface area contributed by atoms with Crippen molar-refractivity contribution in [1.82, 2.24) is 10.2 Å². The van der Waals surface area contributed by atoms with Crippen molar-refractivity contribution in [2.24, 2.45) is 5.41 Å². The number of hydrogen-bond acceptors (Lipinski definition) is 2. The SMILES string of the molecule is C=C1CCC2(CCN(CCC)C2)C(=O)N1. The molecule has 0 aliphatic carbocycles. The molecule has 0 aromatic heterocycles. The van der Waals surface area contributed by atoms with Crippen LogP contribution in [0.1, 0.15) is 32.6 Å². The lowest BCUT2D eigenvalue weighted by atomic mass is 9.78. The molecule has 2 heterocycles. The molecule has 1 amide bonds. The molecule has 1 spiro atoms. The Morgan fingerprint density at radius 2 is 2.33 bits per heavy atom. The number of nitrogens with zero attached hydrogens (tertiary/aromatic N) is 1. The molecular formula is C12H20N2O. The Balaban J connectivity index is 2.03. The van der Waals surface area contributed by atoms with E-state index in [4.69, 9.17) is 0 Å². The van der Waals surface area contributed by atoms with E-state index in [-0.39, 0.29) is 11.3 Å². The average Bonchev–Trinajstić information content (AvgIpc) is 2.59. The Morgan fingerprint density at radius 1 is 1.53 bits per heavy atom. The van der Waals surface area contributed by atoms with Gasteiger partial charge in [0.1, 0.15) is 0 Å². The Hall–Kier alpha value is -0.830. The minimum Gasteiger partial charge on any atom is -0.330 e. The van der Waals surface area contributed by atoms with E-state index >= 15 is 0 Å². The second kappa shape index (κ2) is 3.97. The summed E-state index contributed by atoms with van der Waals surface area (Å²) < 4.78 is 0. The number of allylic oxidation sites excluding steroid dienone is 1. The molecule has 1 atom stereocenters. The minimum atomic E-state index is -0.101. The van der Waals surface area contributed by atoms with Gasteiger partial charge >= 0.3 is 0 Å². The topological polar surface area (TPSA) is 32.3 Å². The van der Waals surface area contributed by atoms with Crippen molar-refractivity contribution in [2.45, 2.75) is 32.6 Å². The van der Waals surface area contributed by atoms with Crippen molar-refractivity contribution in [3.63, 3.8) is 0 Å². The highest BCUT2D eigenvalue weighted by molar-refractivity contribution is 5.85. The Labute approximate surface area is 91.5 Å². The zero-order valence-electron chi connectivity index (χ0n) is 9.51. The number of nitrogens with one attached hydrogen (secondary N) is 1. The predicted molar refractivity (Wildman–Crippen MR) is 60.3 cm³/mol. The van der Waals surface area contributed by atoms with Gasteiger partial charge in [0, 0.05) is 12.2 Å². The van der Waals surface area contributed by atoms with Gasteiger partial charge in [0.2, 0.25) is 5.91 Å². The molecule has 2 saturated heterocycles. The van der Waals surface area contributed by atoms with Crippen LogP contribution in [0.4, 0.5) is 0 Å². The zero-order chi connectivity index (χ0) is 10.9. The Bertz CT molecular complexity index is 287. The Morgan fingerprint density at radius 3 is 3.00 bits per heavy atom.